The number of aromatic nitrogens is 4. The lowest BCUT2D eigenvalue weighted by molar-refractivity contribution is -0.123. The molecule has 4 aromatic rings. The van der Waals surface area contributed by atoms with Gasteiger partial charge in [0.25, 0.3) is 0 Å². The van der Waals surface area contributed by atoms with E-state index in [2.05, 4.69) is 45.1 Å². The van der Waals surface area contributed by atoms with Crippen LogP contribution in [0.2, 0.25) is 0 Å². The zero-order valence-corrected chi connectivity index (χ0v) is 21.9. The lowest BCUT2D eigenvalue weighted by Crippen LogP contribution is -2.49. The molecule has 0 bridgehead atoms. The maximum absolute atomic E-state index is 13.8. The molecule has 204 valence electrons. The Labute approximate surface area is 226 Å². The van der Waals surface area contributed by atoms with Crippen molar-refractivity contribution in [1.82, 2.24) is 30.8 Å². The molecule has 3 aromatic carbocycles. The number of rotatable bonds is 12. The summed E-state index contributed by atoms with van der Waals surface area (Å²) in [6.07, 6.45) is -0.101. The lowest BCUT2D eigenvalue weighted by atomic mass is 10.0. The Morgan fingerprint density at radius 3 is 2.49 bits per heavy atom. The van der Waals surface area contributed by atoms with Crippen molar-refractivity contribution in [2.75, 3.05) is 6.54 Å². The van der Waals surface area contributed by atoms with Gasteiger partial charge in [-0.3, -0.25) is 4.79 Å². The van der Waals surface area contributed by atoms with E-state index in [1.165, 1.54) is 22.5 Å². The van der Waals surface area contributed by atoms with Crippen molar-refractivity contribution in [2.24, 2.45) is 0 Å². The topological polar surface area (TPSA) is 105 Å². The quantitative estimate of drug-likeness (QED) is 0.258. The molecule has 0 fully saturated rings. The summed E-state index contributed by atoms with van der Waals surface area (Å²) in [7, 11) is 0. The van der Waals surface area contributed by atoms with Gasteiger partial charge in [0.2, 0.25) is 11.7 Å². The van der Waals surface area contributed by atoms with Crippen LogP contribution in [0.15, 0.2) is 66.7 Å². The molecule has 0 radical (unpaired) electrons. The standard InChI is InChI=1S/C29H32F2N6O2/c1-3-20-8-6-9-21(11-20)16-32-17-27(38)26(14-22-12-23(30)15-24(31)13-22)33-28(39)18-37-35-29(34-36-37)25-10-5-4-7-19(25)2/h4-13,15,26-27,32,38H,3,14,16-18H2,1-2H3,(H,33,39)/t26-,27-/m1/s1. The molecule has 4 rings (SSSR count). The molecule has 10 heteroatoms. The van der Waals surface area contributed by atoms with E-state index in [4.69, 9.17) is 0 Å². The second-order valence-corrected chi connectivity index (χ2v) is 9.49. The molecule has 2 atom stereocenters. The highest BCUT2D eigenvalue weighted by molar-refractivity contribution is 5.76. The molecule has 3 N–H and O–H groups in total. The number of halogens is 2. The normalized spacial score (nSPS) is 12.7. The van der Waals surface area contributed by atoms with Gasteiger partial charge in [-0.05, 0) is 59.4 Å². The van der Waals surface area contributed by atoms with Crippen molar-refractivity contribution in [3.63, 3.8) is 0 Å². The van der Waals surface area contributed by atoms with E-state index in [-0.39, 0.29) is 19.5 Å². The van der Waals surface area contributed by atoms with Crippen LogP contribution in [-0.4, -0.2) is 49.9 Å². The van der Waals surface area contributed by atoms with Crippen LogP contribution in [0.5, 0.6) is 0 Å². The number of carbonyl (C=O) groups is 1. The van der Waals surface area contributed by atoms with Gasteiger partial charge in [-0.2, -0.15) is 4.80 Å². The monoisotopic (exact) mass is 534 g/mol. The molecular formula is C29H32F2N6O2. The summed E-state index contributed by atoms with van der Waals surface area (Å²) in [4.78, 5) is 14.1. The van der Waals surface area contributed by atoms with Gasteiger partial charge in [0.15, 0.2) is 0 Å². The van der Waals surface area contributed by atoms with Crippen LogP contribution >= 0.6 is 0 Å². The molecule has 8 nitrogen and oxygen atoms in total. The Morgan fingerprint density at radius 2 is 1.74 bits per heavy atom. The van der Waals surface area contributed by atoms with Crippen LogP contribution in [0.25, 0.3) is 11.4 Å². The third-order valence-electron chi connectivity index (χ3n) is 6.39. The Morgan fingerprint density at radius 1 is 1.00 bits per heavy atom. The molecule has 1 amide bonds. The van der Waals surface area contributed by atoms with Crippen LogP contribution in [0, 0.1) is 18.6 Å². The third kappa shape index (κ3) is 7.98. The molecule has 0 aliphatic carbocycles. The zero-order chi connectivity index (χ0) is 27.8. The van der Waals surface area contributed by atoms with Gasteiger partial charge in [0.05, 0.1) is 12.1 Å². The number of aliphatic hydroxyl groups excluding tert-OH is 1. The molecule has 39 heavy (non-hydrogen) atoms. The van der Waals surface area contributed by atoms with Crippen LogP contribution in [0.1, 0.15) is 29.2 Å². The predicted molar refractivity (Wildman–Crippen MR) is 144 cm³/mol. The summed E-state index contributed by atoms with van der Waals surface area (Å²) >= 11 is 0. The molecule has 1 aromatic heterocycles. The van der Waals surface area contributed by atoms with E-state index < -0.39 is 29.7 Å². The highest BCUT2D eigenvalue weighted by Crippen LogP contribution is 2.18. The molecule has 1 heterocycles. The fraction of sp³-hybridized carbons (Fsp3) is 0.310. The molecule has 0 spiro atoms. The number of hydrogen-bond donors (Lipinski definition) is 3. The highest BCUT2D eigenvalue weighted by atomic mass is 19.1. The predicted octanol–water partition coefficient (Wildman–Crippen LogP) is 3.37. The van der Waals surface area contributed by atoms with Crippen LogP contribution < -0.4 is 10.6 Å². The number of nitrogens with zero attached hydrogens (tertiary/aromatic N) is 4. The third-order valence-corrected chi connectivity index (χ3v) is 6.39. The second-order valence-electron chi connectivity index (χ2n) is 9.49. The first-order valence-corrected chi connectivity index (χ1v) is 12.9. The number of amides is 1. The highest BCUT2D eigenvalue weighted by Gasteiger charge is 2.23. The fourth-order valence-corrected chi connectivity index (χ4v) is 4.35. The number of hydrogen-bond acceptors (Lipinski definition) is 6. The summed E-state index contributed by atoms with van der Waals surface area (Å²) in [5.41, 5.74) is 4.37. The summed E-state index contributed by atoms with van der Waals surface area (Å²) < 4.78 is 27.6. The Bertz CT molecular complexity index is 1390. The van der Waals surface area contributed by atoms with Gasteiger partial charge in [0, 0.05) is 24.7 Å². The maximum atomic E-state index is 13.8. The number of benzene rings is 3. The van der Waals surface area contributed by atoms with E-state index in [1.807, 2.05) is 43.3 Å². The summed E-state index contributed by atoms with van der Waals surface area (Å²) in [5.74, 6) is -1.53. The Kier molecular flexibility index (Phi) is 9.45. The van der Waals surface area contributed by atoms with Crippen molar-refractivity contribution in [3.8, 4) is 11.4 Å². The van der Waals surface area contributed by atoms with E-state index in [9.17, 15) is 18.7 Å². The van der Waals surface area contributed by atoms with Gasteiger partial charge < -0.3 is 15.7 Å². The first-order chi connectivity index (χ1) is 18.8. The van der Waals surface area contributed by atoms with Gasteiger partial charge >= 0.3 is 0 Å². The van der Waals surface area contributed by atoms with Crippen molar-refractivity contribution < 1.29 is 18.7 Å². The number of tetrazole rings is 1. The van der Waals surface area contributed by atoms with Gasteiger partial charge in [-0.15, -0.1) is 10.2 Å². The van der Waals surface area contributed by atoms with Gasteiger partial charge in [0.1, 0.15) is 18.2 Å². The Hall–Kier alpha value is -4.02. The molecule has 0 aliphatic rings. The van der Waals surface area contributed by atoms with E-state index in [1.54, 1.807) is 0 Å². The van der Waals surface area contributed by atoms with Gasteiger partial charge in [-0.1, -0.05) is 55.5 Å². The minimum Gasteiger partial charge on any atom is -0.390 e. The number of carbonyl (C=O) groups excluding carboxylic acids is 1. The minimum absolute atomic E-state index is 0.0217. The lowest BCUT2D eigenvalue weighted by Gasteiger charge is -2.25. The molecular weight excluding hydrogens is 502 g/mol. The van der Waals surface area contributed by atoms with Crippen molar-refractivity contribution in [1.29, 1.82) is 0 Å². The first kappa shape index (κ1) is 28.0. The smallest absolute Gasteiger partial charge is 0.243 e. The van der Waals surface area contributed by atoms with Crippen LogP contribution in [0.4, 0.5) is 8.78 Å². The molecule has 0 unspecified atom stereocenters. The van der Waals surface area contributed by atoms with Crippen LogP contribution in [0.3, 0.4) is 0 Å². The maximum Gasteiger partial charge on any atom is 0.243 e. The zero-order valence-electron chi connectivity index (χ0n) is 21.9. The average molecular weight is 535 g/mol. The Balaban J connectivity index is 1.42. The van der Waals surface area contributed by atoms with E-state index in [0.29, 0.717) is 17.9 Å². The van der Waals surface area contributed by atoms with Crippen molar-refractivity contribution in [3.05, 3.63) is 101 Å². The molecule has 0 saturated carbocycles. The minimum atomic E-state index is -1.04. The average Bonchev–Trinajstić information content (AvgIpc) is 3.36. The van der Waals surface area contributed by atoms with E-state index >= 15 is 0 Å². The summed E-state index contributed by atoms with van der Waals surface area (Å²) in [6.45, 7) is 4.44. The van der Waals surface area contributed by atoms with E-state index in [0.717, 1.165) is 29.2 Å². The fourth-order valence-electron chi connectivity index (χ4n) is 4.35. The summed E-state index contributed by atoms with van der Waals surface area (Å²) in [5, 5.41) is 29.3. The van der Waals surface area contributed by atoms with Crippen molar-refractivity contribution >= 4 is 5.91 Å². The van der Waals surface area contributed by atoms with Crippen LogP contribution in [-0.2, 0) is 30.7 Å². The number of nitrogens with one attached hydrogen (secondary N) is 2. The SMILES string of the molecule is CCc1cccc(CNC[C@@H](O)[C@@H](Cc2cc(F)cc(F)c2)NC(=O)Cn2nnc(-c3ccccc3C)n2)c1. The number of aryl methyl sites for hydroxylation is 2. The summed E-state index contributed by atoms with van der Waals surface area (Å²) in [6, 6.07) is 18.0. The number of aliphatic hydroxyl groups is 1. The first-order valence-electron chi connectivity index (χ1n) is 12.9. The molecule has 0 aliphatic heterocycles. The second kappa shape index (κ2) is 13.2. The van der Waals surface area contributed by atoms with Gasteiger partial charge in [-0.25, -0.2) is 8.78 Å². The molecule has 0 saturated heterocycles. The largest absolute Gasteiger partial charge is 0.390 e. The van der Waals surface area contributed by atoms with Crippen molar-refractivity contribution in [2.45, 2.75) is 51.9 Å².